The quantitative estimate of drug-likeness (QED) is 0.928. The summed E-state index contributed by atoms with van der Waals surface area (Å²) >= 11 is 1.37. The summed E-state index contributed by atoms with van der Waals surface area (Å²) in [7, 11) is 0. The van der Waals surface area contributed by atoms with E-state index >= 15 is 0 Å². The lowest BCUT2D eigenvalue weighted by atomic mass is 10.2. The molecule has 0 fully saturated rings. The molecule has 0 aliphatic rings. The Bertz CT molecular complexity index is 624. The summed E-state index contributed by atoms with van der Waals surface area (Å²) in [6, 6.07) is 7.90. The second-order valence-corrected chi connectivity index (χ2v) is 5.93. The number of rotatable bonds is 4. The van der Waals surface area contributed by atoms with E-state index in [9.17, 15) is 9.90 Å². The molecule has 0 amide bonds. The molecule has 5 heteroatoms. The average molecular weight is 288 g/mol. The topological polar surface area (TPSA) is 63.1 Å². The summed E-state index contributed by atoms with van der Waals surface area (Å²) in [6.45, 7) is 5.89. The number of aromatic nitrogens is 2. The molecule has 0 aliphatic carbocycles. The predicted molar refractivity (Wildman–Crippen MR) is 78.4 cm³/mol. The lowest BCUT2D eigenvalue weighted by Gasteiger charge is -2.09. The molecule has 1 heterocycles. The molecule has 0 saturated heterocycles. The molecule has 20 heavy (non-hydrogen) atoms. The summed E-state index contributed by atoms with van der Waals surface area (Å²) in [5.41, 5.74) is 1.23. The van der Waals surface area contributed by atoms with E-state index in [2.05, 4.69) is 9.97 Å². The minimum absolute atomic E-state index is 0.0641. The Morgan fingerprint density at radius 2 is 1.90 bits per heavy atom. The van der Waals surface area contributed by atoms with Crippen LogP contribution in [0.25, 0.3) is 0 Å². The number of hydrogen-bond acceptors (Lipinski definition) is 4. The van der Waals surface area contributed by atoms with Crippen LogP contribution in [0.3, 0.4) is 0 Å². The molecule has 1 N–H and O–H groups in total. The molecule has 2 aromatic rings. The van der Waals surface area contributed by atoms with E-state index in [0.717, 1.165) is 4.90 Å². The van der Waals surface area contributed by atoms with Crippen molar-refractivity contribution >= 4 is 17.7 Å². The number of aromatic carboxylic acids is 1. The zero-order valence-corrected chi connectivity index (χ0v) is 12.4. The molecule has 0 saturated carbocycles. The standard InChI is InChI=1S/C15H16N2O2S/c1-9(2)14-16-8-12(13(17-14)15(18)19)20-11-6-4-10(3)5-7-11/h4-9H,1-3H3,(H,18,19). The molecule has 0 spiro atoms. The van der Waals surface area contributed by atoms with Gasteiger partial charge in [-0.25, -0.2) is 14.8 Å². The fourth-order valence-corrected chi connectivity index (χ4v) is 2.48. The van der Waals surface area contributed by atoms with Gasteiger partial charge < -0.3 is 5.11 Å². The van der Waals surface area contributed by atoms with Crippen molar-refractivity contribution in [3.63, 3.8) is 0 Å². The monoisotopic (exact) mass is 288 g/mol. The Labute approximate surface area is 122 Å². The van der Waals surface area contributed by atoms with Gasteiger partial charge in [0.15, 0.2) is 5.69 Å². The summed E-state index contributed by atoms with van der Waals surface area (Å²) in [5.74, 6) is -0.369. The van der Waals surface area contributed by atoms with E-state index in [0.29, 0.717) is 10.7 Å². The van der Waals surface area contributed by atoms with Crippen LogP contribution in [0.15, 0.2) is 40.3 Å². The van der Waals surface area contributed by atoms with Gasteiger partial charge >= 0.3 is 5.97 Å². The molecule has 104 valence electrons. The van der Waals surface area contributed by atoms with Crippen LogP contribution < -0.4 is 0 Å². The van der Waals surface area contributed by atoms with Crippen molar-refractivity contribution < 1.29 is 9.90 Å². The number of carbonyl (C=O) groups is 1. The largest absolute Gasteiger partial charge is 0.476 e. The first kappa shape index (κ1) is 14.5. The highest BCUT2D eigenvalue weighted by atomic mass is 32.2. The van der Waals surface area contributed by atoms with E-state index < -0.39 is 5.97 Å². The third kappa shape index (κ3) is 3.36. The number of carboxylic acid groups (broad SMARTS) is 1. The molecule has 0 aliphatic heterocycles. The van der Waals surface area contributed by atoms with Crippen LogP contribution in [0, 0.1) is 6.92 Å². The maximum Gasteiger partial charge on any atom is 0.355 e. The van der Waals surface area contributed by atoms with E-state index in [1.807, 2.05) is 45.0 Å². The second kappa shape index (κ2) is 6.05. The first-order valence-electron chi connectivity index (χ1n) is 6.32. The Kier molecular flexibility index (Phi) is 4.39. The first-order chi connectivity index (χ1) is 9.47. The number of benzene rings is 1. The molecule has 2 rings (SSSR count). The summed E-state index contributed by atoms with van der Waals surface area (Å²) < 4.78 is 0. The van der Waals surface area contributed by atoms with E-state index in [-0.39, 0.29) is 11.6 Å². The van der Waals surface area contributed by atoms with Crippen LogP contribution in [0.5, 0.6) is 0 Å². The van der Waals surface area contributed by atoms with Gasteiger partial charge in [0.05, 0.1) is 4.90 Å². The second-order valence-electron chi connectivity index (χ2n) is 4.82. The van der Waals surface area contributed by atoms with Gasteiger partial charge in [0.2, 0.25) is 0 Å². The fourth-order valence-electron chi connectivity index (χ4n) is 1.62. The highest BCUT2D eigenvalue weighted by Gasteiger charge is 2.16. The fraction of sp³-hybridized carbons (Fsp3) is 0.267. The van der Waals surface area contributed by atoms with Gasteiger partial charge in [0, 0.05) is 17.0 Å². The highest BCUT2D eigenvalue weighted by Crippen LogP contribution is 2.30. The van der Waals surface area contributed by atoms with Crippen molar-refractivity contribution in [3.05, 3.63) is 47.5 Å². The van der Waals surface area contributed by atoms with Gasteiger partial charge in [0.1, 0.15) is 5.82 Å². The summed E-state index contributed by atoms with van der Waals surface area (Å²) in [4.78, 5) is 21.3. The van der Waals surface area contributed by atoms with Crippen molar-refractivity contribution in [2.75, 3.05) is 0 Å². The van der Waals surface area contributed by atoms with Gasteiger partial charge in [-0.3, -0.25) is 0 Å². The van der Waals surface area contributed by atoms with Gasteiger partial charge in [-0.2, -0.15) is 0 Å². The lowest BCUT2D eigenvalue weighted by Crippen LogP contribution is -2.08. The first-order valence-corrected chi connectivity index (χ1v) is 7.13. The minimum atomic E-state index is -1.02. The normalized spacial score (nSPS) is 10.8. The van der Waals surface area contributed by atoms with E-state index in [4.69, 9.17) is 0 Å². The molecular weight excluding hydrogens is 272 g/mol. The lowest BCUT2D eigenvalue weighted by molar-refractivity contribution is 0.0685. The summed E-state index contributed by atoms with van der Waals surface area (Å²) in [6.07, 6.45) is 1.59. The van der Waals surface area contributed by atoms with Crippen molar-refractivity contribution in [1.29, 1.82) is 0 Å². The van der Waals surface area contributed by atoms with Crippen LogP contribution in [-0.2, 0) is 0 Å². The maximum absolute atomic E-state index is 11.3. The Hall–Kier alpha value is -1.88. The van der Waals surface area contributed by atoms with E-state index in [1.165, 1.54) is 17.3 Å². The number of aryl methyl sites for hydroxylation is 1. The third-order valence-corrected chi connectivity index (χ3v) is 3.77. The van der Waals surface area contributed by atoms with Crippen molar-refractivity contribution in [2.24, 2.45) is 0 Å². The highest BCUT2D eigenvalue weighted by molar-refractivity contribution is 7.99. The van der Waals surface area contributed by atoms with Gasteiger partial charge in [0.25, 0.3) is 0 Å². The zero-order valence-electron chi connectivity index (χ0n) is 11.6. The average Bonchev–Trinajstić information content (AvgIpc) is 2.41. The molecular formula is C15H16N2O2S. The van der Waals surface area contributed by atoms with Gasteiger partial charge in [-0.1, -0.05) is 43.3 Å². The molecule has 0 atom stereocenters. The smallest absolute Gasteiger partial charge is 0.355 e. The number of nitrogens with zero attached hydrogens (tertiary/aromatic N) is 2. The van der Waals surface area contributed by atoms with Crippen LogP contribution in [-0.4, -0.2) is 21.0 Å². The van der Waals surface area contributed by atoms with E-state index in [1.54, 1.807) is 6.20 Å². The Balaban J connectivity index is 2.35. The maximum atomic E-state index is 11.3. The van der Waals surface area contributed by atoms with Crippen molar-refractivity contribution in [3.8, 4) is 0 Å². The predicted octanol–water partition coefficient (Wildman–Crippen LogP) is 3.76. The van der Waals surface area contributed by atoms with Crippen LogP contribution in [0.4, 0.5) is 0 Å². The van der Waals surface area contributed by atoms with Crippen LogP contribution >= 0.6 is 11.8 Å². The summed E-state index contributed by atoms with van der Waals surface area (Å²) in [5, 5.41) is 9.29. The third-order valence-electron chi connectivity index (χ3n) is 2.74. The Morgan fingerprint density at radius 1 is 1.25 bits per heavy atom. The number of hydrogen-bond donors (Lipinski definition) is 1. The zero-order chi connectivity index (χ0) is 14.7. The molecule has 1 aromatic heterocycles. The minimum Gasteiger partial charge on any atom is -0.476 e. The van der Waals surface area contributed by atoms with Crippen molar-refractivity contribution in [2.45, 2.75) is 36.5 Å². The number of carboxylic acids is 1. The molecule has 0 radical (unpaired) electrons. The van der Waals surface area contributed by atoms with Crippen LogP contribution in [0.1, 0.15) is 41.6 Å². The van der Waals surface area contributed by atoms with Crippen LogP contribution in [0.2, 0.25) is 0 Å². The molecule has 0 bridgehead atoms. The SMILES string of the molecule is Cc1ccc(Sc2cnc(C(C)C)nc2C(=O)O)cc1. The molecule has 0 unspecified atom stereocenters. The van der Waals surface area contributed by atoms with Gasteiger partial charge in [-0.05, 0) is 19.1 Å². The van der Waals surface area contributed by atoms with Gasteiger partial charge in [-0.15, -0.1) is 0 Å². The Morgan fingerprint density at radius 3 is 2.45 bits per heavy atom. The van der Waals surface area contributed by atoms with Crippen molar-refractivity contribution in [1.82, 2.24) is 9.97 Å². The molecule has 1 aromatic carbocycles. The molecule has 4 nitrogen and oxygen atoms in total.